The smallest absolute Gasteiger partial charge is 0.337 e. The third-order valence-corrected chi connectivity index (χ3v) is 4.61. The number of nitrogens with zero attached hydrogens (tertiary/aromatic N) is 1. The molecule has 3 aromatic rings. The van der Waals surface area contributed by atoms with E-state index in [0.717, 1.165) is 0 Å². The lowest BCUT2D eigenvalue weighted by Crippen LogP contribution is -2.14. The minimum absolute atomic E-state index is 0.0777. The number of halogens is 2. The summed E-state index contributed by atoms with van der Waals surface area (Å²) in [6.07, 6.45) is 0. The summed E-state index contributed by atoms with van der Waals surface area (Å²) in [5.41, 5.74) is 1.53. The summed E-state index contributed by atoms with van der Waals surface area (Å²) >= 11 is 12.1. The molecule has 2 N–H and O–H groups in total. The van der Waals surface area contributed by atoms with Crippen molar-refractivity contribution in [1.29, 1.82) is 0 Å². The largest absolute Gasteiger partial charge is 0.465 e. The van der Waals surface area contributed by atoms with Gasteiger partial charge in [-0.1, -0.05) is 23.2 Å². The molecular formula is C20H15Cl2N3O5. The molecule has 3 rings (SSSR count). The number of aromatic amines is 1. The van der Waals surface area contributed by atoms with Crippen molar-refractivity contribution in [2.75, 3.05) is 19.5 Å². The third-order valence-electron chi connectivity index (χ3n) is 4.06. The van der Waals surface area contributed by atoms with Crippen molar-refractivity contribution in [3.63, 3.8) is 0 Å². The Hall–Kier alpha value is -3.36. The lowest BCUT2D eigenvalue weighted by atomic mass is 10.1. The number of nitrogens with one attached hydrogen (secondary N) is 2. The molecule has 0 radical (unpaired) electrons. The summed E-state index contributed by atoms with van der Waals surface area (Å²) in [7, 11) is 2.42. The van der Waals surface area contributed by atoms with Crippen LogP contribution < -0.4 is 5.32 Å². The van der Waals surface area contributed by atoms with E-state index < -0.39 is 17.8 Å². The van der Waals surface area contributed by atoms with E-state index in [1.165, 1.54) is 38.5 Å². The maximum Gasteiger partial charge on any atom is 0.337 e. The van der Waals surface area contributed by atoms with Crippen molar-refractivity contribution in [3.05, 3.63) is 69.3 Å². The number of methoxy groups -OCH3 is 2. The molecule has 8 nitrogen and oxygen atoms in total. The minimum atomic E-state index is -0.669. The van der Waals surface area contributed by atoms with Crippen LogP contribution in [-0.4, -0.2) is 42.3 Å². The zero-order chi connectivity index (χ0) is 21.8. The van der Waals surface area contributed by atoms with Gasteiger partial charge in [0, 0.05) is 16.3 Å². The van der Waals surface area contributed by atoms with Crippen LogP contribution in [0.3, 0.4) is 0 Å². The Balaban J connectivity index is 1.88. The number of benzene rings is 2. The van der Waals surface area contributed by atoms with Gasteiger partial charge in [-0.2, -0.15) is 5.10 Å². The van der Waals surface area contributed by atoms with E-state index in [-0.39, 0.29) is 22.5 Å². The van der Waals surface area contributed by atoms with Gasteiger partial charge in [-0.3, -0.25) is 9.89 Å². The van der Waals surface area contributed by atoms with Crippen LogP contribution >= 0.6 is 23.2 Å². The molecule has 30 heavy (non-hydrogen) atoms. The molecule has 0 aliphatic rings. The Labute approximate surface area is 181 Å². The average molecular weight is 448 g/mol. The monoisotopic (exact) mass is 447 g/mol. The topological polar surface area (TPSA) is 110 Å². The first-order valence-corrected chi connectivity index (χ1v) is 9.22. The molecule has 0 spiro atoms. The number of carbonyl (C=O) groups is 3. The van der Waals surface area contributed by atoms with Gasteiger partial charge in [0.15, 0.2) is 0 Å². The van der Waals surface area contributed by atoms with E-state index in [1.807, 2.05) is 0 Å². The van der Waals surface area contributed by atoms with Gasteiger partial charge >= 0.3 is 11.9 Å². The predicted molar refractivity (Wildman–Crippen MR) is 111 cm³/mol. The Morgan fingerprint density at radius 3 is 2.13 bits per heavy atom. The Bertz CT molecular complexity index is 1110. The molecule has 0 aliphatic heterocycles. The fourth-order valence-corrected chi connectivity index (χ4v) is 3.15. The van der Waals surface area contributed by atoms with Crippen LogP contribution in [0.2, 0.25) is 10.0 Å². The van der Waals surface area contributed by atoms with Crippen LogP contribution in [0.25, 0.3) is 11.3 Å². The van der Waals surface area contributed by atoms with Gasteiger partial charge in [0.25, 0.3) is 5.91 Å². The second-order valence-corrected chi connectivity index (χ2v) is 6.87. The first-order valence-electron chi connectivity index (χ1n) is 8.46. The van der Waals surface area contributed by atoms with Crippen LogP contribution in [-0.2, 0) is 9.47 Å². The van der Waals surface area contributed by atoms with Crippen molar-refractivity contribution in [2.24, 2.45) is 0 Å². The molecule has 1 aromatic heterocycles. The number of hydrogen-bond donors (Lipinski definition) is 2. The number of aromatic nitrogens is 2. The fraction of sp³-hybridized carbons (Fsp3) is 0.100. The van der Waals surface area contributed by atoms with E-state index in [0.29, 0.717) is 21.3 Å². The average Bonchev–Trinajstić information content (AvgIpc) is 3.22. The normalized spacial score (nSPS) is 10.4. The molecule has 10 heteroatoms. The first-order chi connectivity index (χ1) is 14.3. The number of rotatable bonds is 5. The van der Waals surface area contributed by atoms with E-state index in [1.54, 1.807) is 18.2 Å². The number of hydrogen-bond acceptors (Lipinski definition) is 6. The molecule has 154 valence electrons. The Morgan fingerprint density at radius 2 is 1.57 bits per heavy atom. The number of amides is 1. The first kappa shape index (κ1) is 21.4. The van der Waals surface area contributed by atoms with Gasteiger partial charge in [-0.25, -0.2) is 9.59 Å². The van der Waals surface area contributed by atoms with Crippen molar-refractivity contribution < 1.29 is 23.9 Å². The summed E-state index contributed by atoms with van der Waals surface area (Å²) in [6, 6.07) is 10.5. The molecule has 0 aliphatic carbocycles. The van der Waals surface area contributed by atoms with Gasteiger partial charge in [0.1, 0.15) is 5.69 Å². The molecule has 0 bridgehead atoms. The highest BCUT2D eigenvalue weighted by molar-refractivity contribution is 6.36. The standard InChI is InChI=1S/C20H15Cl2N3O5/c1-29-19(27)10-5-11(20(28)30-2)7-13(6-10)23-18(26)17-9-16(24-25-17)14-4-3-12(21)8-15(14)22/h3-9H,1-2H3,(H,23,26)(H,24,25). The molecule has 0 fully saturated rings. The van der Waals surface area contributed by atoms with Gasteiger partial charge in [-0.15, -0.1) is 0 Å². The summed E-state index contributed by atoms with van der Waals surface area (Å²) in [5, 5.41) is 10.2. The Kier molecular flexibility index (Phi) is 6.39. The van der Waals surface area contributed by atoms with Gasteiger partial charge in [-0.05, 0) is 42.5 Å². The number of esters is 2. The predicted octanol–water partition coefficient (Wildman–Crippen LogP) is 4.21. The number of anilines is 1. The van der Waals surface area contributed by atoms with Crippen molar-refractivity contribution >= 4 is 46.7 Å². The summed E-state index contributed by atoms with van der Waals surface area (Å²) in [5.74, 6) is -1.88. The number of ether oxygens (including phenoxy) is 2. The lowest BCUT2D eigenvalue weighted by Gasteiger charge is -2.09. The second kappa shape index (κ2) is 8.98. The molecular weight excluding hydrogens is 433 g/mol. The quantitative estimate of drug-likeness (QED) is 0.566. The second-order valence-electron chi connectivity index (χ2n) is 6.03. The van der Waals surface area contributed by atoms with E-state index in [2.05, 4.69) is 25.0 Å². The van der Waals surface area contributed by atoms with E-state index >= 15 is 0 Å². The molecule has 1 amide bonds. The lowest BCUT2D eigenvalue weighted by molar-refractivity contribution is 0.0599. The molecule has 2 aromatic carbocycles. The maximum absolute atomic E-state index is 12.6. The van der Waals surface area contributed by atoms with Crippen LogP contribution in [0.5, 0.6) is 0 Å². The summed E-state index contributed by atoms with van der Waals surface area (Å²) < 4.78 is 9.36. The molecule has 1 heterocycles. The highest BCUT2D eigenvalue weighted by Gasteiger charge is 2.17. The van der Waals surface area contributed by atoms with Crippen molar-refractivity contribution in [3.8, 4) is 11.3 Å². The number of carbonyl (C=O) groups excluding carboxylic acids is 3. The SMILES string of the molecule is COC(=O)c1cc(NC(=O)c2cc(-c3ccc(Cl)cc3Cl)n[nH]2)cc(C(=O)OC)c1. The molecule has 0 saturated carbocycles. The van der Waals surface area contributed by atoms with E-state index in [9.17, 15) is 14.4 Å². The molecule has 0 atom stereocenters. The van der Waals surface area contributed by atoms with Crippen LogP contribution in [0.4, 0.5) is 5.69 Å². The van der Waals surface area contributed by atoms with Gasteiger partial charge in [0.2, 0.25) is 0 Å². The summed E-state index contributed by atoms with van der Waals surface area (Å²) in [6.45, 7) is 0. The highest BCUT2D eigenvalue weighted by atomic mass is 35.5. The van der Waals surface area contributed by atoms with Crippen molar-refractivity contribution in [1.82, 2.24) is 10.2 Å². The van der Waals surface area contributed by atoms with Crippen LogP contribution in [0, 0.1) is 0 Å². The van der Waals surface area contributed by atoms with Crippen LogP contribution in [0.15, 0.2) is 42.5 Å². The third kappa shape index (κ3) is 4.61. The van der Waals surface area contributed by atoms with Gasteiger partial charge < -0.3 is 14.8 Å². The van der Waals surface area contributed by atoms with Crippen molar-refractivity contribution in [2.45, 2.75) is 0 Å². The minimum Gasteiger partial charge on any atom is -0.465 e. The Morgan fingerprint density at radius 1 is 0.933 bits per heavy atom. The summed E-state index contributed by atoms with van der Waals surface area (Å²) in [4.78, 5) is 36.4. The highest BCUT2D eigenvalue weighted by Crippen LogP contribution is 2.29. The maximum atomic E-state index is 12.6. The molecule has 0 unspecified atom stereocenters. The zero-order valence-corrected chi connectivity index (χ0v) is 17.3. The van der Waals surface area contributed by atoms with Crippen LogP contribution in [0.1, 0.15) is 31.2 Å². The van der Waals surface area contributed by atoms with Gasteiger partial charge in [0.05, 0.1) is 36.1 Å². The zero-order valence-electron chi connectivity index (χ0n) is 15.8. The fourth-order valence-electron chi connectivity index (χ4n) is 2.64. The molecule has 0 saturated heterocycles. The number of H-pyrrole nitrogens is 1. The van der Waals surface area contributed by atoms with E-state index in [4.69, 9.17) is 23.2 Å².